The van der Waals surface area contributed by atoms with Crippen molar-refractivity contribution in [2.45, 2.75) is 55.1 Å². The van der Waals surface area contributed by atoms with Gasteiger partial charge < -0.3 is 5.11 Å². The lowest BCUT2D eigenvalue weighted by molar-refractivity contribution is 0.284. The first kappa shape index (κ1) is 14.5. The van der Waals surface area contributed by atoms with Crippen LogP contribution in [0.25, 0.3) is 0 Å². The molecule has 4 heteroatoms. The van der Waals surface area contributed by atoms with Crippen LogP contribution in [0.1, 0.15) is 44.1 Å². The van der Waals surface area contributed by atoms with E-state index in [1.807, 2.05) is 18.2 Å². The molecule has 1 N–H and O–H groups in total. The predicted molar refractivity (Wildman–Crippen MR) is 75.9 cm³/mol. The Labute approximate surface area is 115 Å². The van der Waals surface area contributed by atoms with Crippen LogP contribution in [0.4, 0.5) is 0 Å². The van der Waals surface area contributed by atoms with E-state index in [1.165, 1.54) is 0 Å². The lowest BCUT2D eigenvalue weighted by Crippen LogP contribution is -2.17. The Balaban J connectivity index is 2.13. The minimum Gasteiger partial charge on any atom is -0.396 e. The smallest absolute Gasteiger partial charge is 0.181 e. The average molecular weight is 282 g/mol. The first-order valence-electron chi connectivity index (χ1n) is 7.08. The van der Waals surface area contributed by atoms with E-state index in [0.29, 0.717) is 4.90 Å². The van der Waals surface area contributed by atoms with Gasteiger partial charge in [0, 0.05) is 6.61 Å². The van der Waals surface area contributed by atoms with Gasteiger partial charge in [0.05, 0.1) is 10.1 Å². The van der Waals surface area contributed by atoms with Crippen LogP contribution in [0, 0.1) is 0 Å². The summed E-state index contributed by atoms with van der Waals surface area (Å²) in [5.41, 5.74) is 1.05. The van der Waals surface area contributed by atoms with Crippen LogP contribution in [-0.2, 0) is 16.3 Å². The van der Waals surface area contributed by atoms with Crippen molar-refractivity contribution in [3.8, 4) is 0 Å². The molecule has 1 aliphatic carbocycles. The van der Waals surface area contributed by atoms with E-state index in [1.54, 1.807) is 6.07 Å². The van der Waals surface area contributed by atoms with Crippen LogP contribution < -0.4 is 0 Å². The first-order valence-corrected chi connectivity index (χ1v) is 8.63. The Kier molecular flexibility index (Phi) is 4.99. The second-order valence-corrected chi connectivity index (χ2v) is 7.51. The summed E-state index contributed by atoms with van der Waals surface area (Å²) in [4.78, 5) is 0.473. The van der Waals surface area contributed by atoms with Gasteiger partial charge in [-0.1, -0.05) is 25.0 Å². The predicted octanol–water partition coefficient (Wildman–Crippen LogP) is 2.72. The largest absolute Gasteiger partial charge is 0.396 e. The van der Waals surface area contributed by atoms with Crippen LogP contribution in [0.15, 0.2) is 29.2 Å². The molecule has 1 aliphatic rings. The molecule has 1 saturated carbocycles. The summed E-state index contributed by atoms with van der Waals surface area (Å²) < 4.78 is 25.0. The molecule has 0 spiro atoms. The number of aliphatic hydroxyl groups excluding tert-OH is 1. The molecule has 19 heavy (non-hydrogen) atoms. The van der Waals surface area contributed by atoms with Gasteiger partial charge in [-0.25, -0.2) is 8.42 Å². The molecule has 1 fully saturated rings. The summed E-state index contributed by atoms with van der Waals surface area (Å²) in [6.07, 6.45) is 6.14. The number of hydrogen-bond acceptors (Lipinski definition) is 3. The van der Waals surface area contributed by atoms with E-state index < -0.39 is 9.84 Å². The molecule has 1 aromatic carbocycles. The molecule has 0 radical (unpaired) electrons. The van der Waals surface area contributed by atoms with Crippen molar-refractivity contribution in [2.24, 2.45) is 0 Å². The fourth-order valence-corrected chi connectivity index (χ4v) is 4.63. The van der Waals surface area contributed by atoms with Crippen molar-refractivity contribution in [3.05, 3.63) is 29.8 Å². The topological polar surface area (TPSA) is 54.4 Å². The van der Waals surface area contributed by atoms with Crippen LogP contribution in [0.5, 0.6) is 0 Å². The molecule has 0 atom stereocenters. The Morgan fingerprint density at radius 1 is 1.16 bits per heavy atom. The van der Waals surface area contributed by atoms with Gasteiger partial charge >= 0.3 is 0 Å². The van der Waals surface area contributed by atoms with E-state index in [9.17, 15) is 8.42 Å². The van der Waals surface area contributed by atoms with E-state index in [2.05, 4.69) is 0 Å². The van der Waals surface area contributed by atoms with Crippen LogP contribution in [0.2, 0.25) is 0 Å². The Morgan fingerprint density at radius 2 is 1.89 bits per heavy atom. The number of rotatable bonds is 6. The molecular formula is C15H22O3S. The zero-order valence-electron chi connectivity index (χ0n) is 11.2. The number of aryl methyl sites for hydroxylation is 1. The van der Waals surface area contributed by atoms with Gasteiger partial charge in [-0.15, -0.1) is 0 Å². The lowest BCUT2D eigenvalue weighted by Gasteiger charge is -2.12. The lowest BCUT2D eigenvalue weighted by atomic mass is 10.1. The molecule has 0 aliphatic heterocycles. The van der Waals surface area contributed by atoms with E-state index in [-0.39, 0.29) is 11.9 Å². The molecular weight excluding hydrogens is 260 g/mol. The molecule has 2 rings (SSSR count). The third-order valence-electron chi connectivity index (χ3n) is 3.84. The minimum absolute atomic E-state index is 0.180. The number of benzene rings is 1. The maximum absolute atomic E-state index is 12.5. The summed E-state index contributed by atoms with van der Waals surface area (Å²) in [6, 6.07) is 7.31. The molecule has 1 aromatic rings. The van der Waals surface area contributed by atoms with Gasteiger partial charge in [0.1, 0.15) is 0 Å². The standard InChI is InChI=1S/C15H22O3S/c16-11-4-3-6-13-7-5-10-15(12-13)19(17,18)14-8-1-2-9-14/h5,7,10,12,14,16H,1-4,6,8-9,11H2. The third kappa shape index (κ3) is 3.57. The van der Waals surface area contributed by atoms with Gasteiger partial charge in [0.15, 0.2) is 9.84 Å². The number of sulfone groups is 1. The summed E-state index contributed by atoms with van der Waals surface area (Å²) >= 11 is 0. The number of hydrogen-bond donors (Lipinski definition) is 1. The fourth-order valence-electron chi connectivity index (χ4n) is 2.71. The normalized spacial score (nSPS) is 16.9. The number of unbranched alkanes of at least 4 members (excludes halogenated alkanes) is 1. The molecule has 0 saturated heterocycles. The molecule has 0 unspecified atom stereocenters. The summed E-state index contributed by atoms with van der Waals surface area (Å²) in [7, 11) is -3.14. The third-order valence-corrected chi connectivity index (χ3v) is 6.10. The minimum atomic E-state index is -3.14. The van der Waals surface area contributed by atoms with Crippen molar-refractivity contribution in [1.82, 2.24) is 0 Å². The quantitative estimate of drug-likeness (QED) is 0.816. The zero-order valence-corrected chi connectivity index (χ0v) is 12.0. The second-order valence-electron chi connectivity index (χ2n) is 5.28. The van der Waals surface area contributed by atoms with Crippen molar-refractivity contribution >= 4 is 9.84 Å². The summed E-state index contributed by atoms with van der Waals surface area (Å²) in [5.74, 6) is 0. The molecule has 0 heterocycles. The maximum Gasteiger partial charge on any atom is 0.181 e. The second kappa shape index (κ2) is 6.53. The van der Waals surface area contributed by atoms with Gasteiger partial charge in [-0.05, 0) is 49.8 Å². The van der Waals surface area contributed by atoms with Gasteiger partial charge in [0.2, 0.25) is 0 Å². The SMILES string of the molecule is O=S(=O)(c1cccc(CCCCO)c1)C1CCCC1. The fraction of sp³-hybridized carbons (Fsp3) is 0.600. The Hall–Kier alpha value is -0.870. The zero-order chi connectivity index (χ0) is 13.7. The van der Waals surface area contributed by atoms with Crippen molar-refractivity contribution in [1.29, 1.82) is 0 Å². The van der Waals surface area contributed by atoms with Crippen LogP contribution in [0.3, 0.4) is 0 Å². The van der Waals surface area contributed by atoms with Crippen LogP contribution >= 0.6 is 0 Å². The van der Waals surface area contributed by atoms with Gasteiger partial charge in [0.25, 0.3) is 0 Å². The molecule has 106 valence electrons. The Bertz CT molecular complexity index is 502. The van der Waals surface area contributed by atoms with E-state index in [4.69, 9.17) is 5.11 Å². The Morgan fingerprint density at radius 3 is 2.58 bits per heavy atom. The summed E-state index contributed by atoms with van der Waals surface area (Å²) in [5, 5.41) is 8.60. The summed E-state index contributed by atoms with van der Waals surface area (Å²) in [6.45, 7) is 0.195. The first-order chi connectivity index (χ1) is 9.14. The van der Waals surface area contributed by atoms with E-state index >= 15 is 0 Å². The maximum atomic E-state index is 12.5. The molecule has 3 nitrogen and oxygen atoms in total. The highest BCUT2D eigenvalue weighted by Crippen LogP contribution is 2.29. The van der Waals surface area contributed by atoms with E-state index in [0.717, 1.165) is 50.5 Å². The molecule has 0 bridgehead atoms. The van der Waals surface area contributed by atoms with Crippen LogP contribution in [-0.4, -0.2) is 25.4 Å². The average Bonchev–Trinajstić information content (AvgIpc) is 2.94. The molecule has 0 aromatic heterocycles. The van der Waals surface area contributed by atoms with Crippen molar-refractivity contribution in [3.63, 3.8) is 0 Å². The van der Waals surface area contributed by atoms with Gasteiger partial charge in [-0.3, -0.25) is 0 Å². The highest BCUT2D eigenvalue weighted by molar-refractivity contribution is 7.92. The van der Waals surface area contributed by atoms with Gasteiger partial charge in [-0.2, -0.15) is 0 Å². The highest BCUT2D eigenvalue weighted by Gasteiger charge is 2.30. The number of aliphatic hydroxyl groups is 1. The van der Waals surface area contributed by atoms with Crippen molar-refractivity contribution < 1.29 is 13.5 Å². The highest BCUT2D eigenvalue weighted by atomic mass is 32.2. The monoisotopic (exact) mass is 282 g/mol. The molecule has 0 amide bonds. The van der Waals surface area contributed by atoms with Crippen molar-refractivity contribution in [2.75, 3.05) is 6.61 Å².